The first-order chi connectivity index (χ1) is 6.71. The fourth-order valence-electron chi connectivity index (χ4n) is 2.05. The lowest BCUT2D eigenvalue weighted by Gasteiger charge is -2.30. The molecule has 82 valence electrons. The summed E-state index contributed by atoms with van der Waals surface area (Å²) in [4.78, 5) is 4.58. The van der Waals surface area contributed by atoms with E-state index in [2.05, 4.69) is 36.2 Å². The monoisotopic (exact) mass is 224 g/mol. The second-order valence-corrected chi connectivity index (χ2v) is 4.10. The smallest absolute Gasteiger partial charge is 0.0948 e. The molecule has 1 heterocycles. The average molecular weight is 225 g/mol. The molecular formula is C12H17ClN2. The van der Waals surface area contributed by atoms with Crippen molar-refractivity contribution in [2.24, 2.45) is 10.7 Å². The van der Waals surface area contributed by atoms with Crippen molar-refractivity contribution in [3.63, 3.8) is 0 Å². The largest absolute Gasteiger partial charge is 0.387 e. The first-order valence-electron chi connectivity index (χ1n) is 5.10. The number of halogens is 1. The van der Waals surface area contributed by atoms with Crippen molar-refractivity contribution in [1.29, 1.82) is 0 Å². The molecule has 15 heavy (non-hydrogen) atoms. The average Bonchev–Trinajstić information content (AvgIpc) is 2.19. The summed E-state index contributed by atoms with van der Waals surface area (Å²) in [5.41, 5.74) is 6.97. The predicted molar refractivity (Wildman–Crippen MR) is 66.5 cm³/mol. The molecule has 1 aliphatic rings. The van der Waals surface area contributed by atoms with E-state index in [0.29, 0.717) is 0 Å². The van der Waals surface area contributed by atoms with Gasteiger partial charge in [0.2, 0.25) is 0 Å². The third-order valence-corrected chi connectivity index (χ3v) is 2.88. The number of benzene rings is 1. The van der Waals surface area contributed by atoms with Crippen molar-refractivity contribution in [3.05, 3.63) is 35.9 Å². The molecule has 1 aromatic carbocycles. The summed E-state index contributed by atoms with van der Waals surface area (Å²) >= 11 is 0. The van der Waals surface area contributed by atoms with Crippen molar-refractivity contribution in [2.45, 2.75) is 31.7 Å². The van der Waals surface area contributed by atoms with E-state index in [4.69, 9.17) is 5.73 Å². The fraction of sp³-hybridized carbons (Fsp3) is 0.417. The molecule has 2 nitrogen and oxygen atoms in total. The van der Waals surface area contributed by atoms with E-state index in [1.54, 1.807) is 0 Å². The Hall–Kier alpha value is -1.02. The van der Waals surface area contributed by atoms with E-state index in [-0.39, 0.29) is 17.9 Å². The van der Waals surface area contributed by atoms with Gasteiger partial charge in [-0.25, -0.2) is 0 Å². The molecule has 1 aromatic rings. The first-order valence-corrected chi connectivity index (χ1v) is 5.10. The molecule has 0 spiro atoms. The van der Waals surface area contributed by atoms with Crippen LogP contribution in [0.1, 0.15) is 31.7 Å². The number of rotatable bonds is 1. The van der Waals surface area contributed by atoms with Gasteiger partial charge in [-0.15, -0.1) is 12.4 Å². The van der Waals surface area contributed by atoms with Crippen molar-refractivity contribution in [3.8, 4) is 0 Å². The van der Waals surface area contributed by atoms with Crippen LogP contribution in [0, 0.1) is 0 Å². The molecule has 0 bridgehead atoms. The van der Waals surface area contributed by atoms with Gasteiger partial charge in [0.25, 0.3) is 0 Å². The van der Waals surface area contributed by atoms with Crippen LogP contribution < -0.4 is 5.73 Å². The van der Waals surface area contributed by atoms with Crippen LogP contribution in [-0.2, 0) is 5.54 Å². The van der Waals surface area contributed by atoms with Gasteiger partial charge in [0.15, 0.2) is 0 Å². The third kappa shape index (κ3) is 2.51. The Labute approximate surface area is 97.0 Å². The second kappa shape index (κ2) is 4.67. The lowest BCUT2D eigenvalue weighted by atomic mass is 9.85. The topological polar surface area (TPSA) is 38.4 Å². The van der Waals surface area contributed by atoms with E-state index in [1.165, 1.54) is 5.56 Å². The summed E-state index contributed by atoms with van der Waals surface area (Å²) in [7, 11) is 0. The standard InChI is InChI=1S/C12H16N2.ClH/c1-12(9-5-8-11(13)14-12)10-6-3-2-4-7-10;/h2-4,6-7H,5,8-9H2,1H3,(H2,13,14);1H. The number of aliphatic imine (C=N–C) groups is 1. The third-order valence-electron chi connectivity index (χ3n) is 2.88. The van der Waals surface area contributed by atoms with Crippen LogP contribution in [0.2, 0.25) is 0 Å². The highest BCUT2D eigenvalue weighted by atomic mass is 35.5. The van der Waals surface area contributed by atoms with Gasteiger partial charge in [-0.1, -0.05) is 30.3 Å². The lowest BCUT2D eigenvalue weighted by molar-refractivity contribution is 0.424. The van der Waals surface area contributed by atoms with Gasteiger partial charge in [0, 0.05) is 6.42 Å². The molecular weight excluding hydrogens is 208 g/mol. The number of hydrogen-bond acceptors (Lipinski definition) is 2. The number of hydrogen-bond donors (Lipinski definition) is 1. The zero-order chi connectivity index (χ0) is 10.0. The van der Waals surface area contributed by atoms with Gasteiger partial charge < -0.3 is 5.73 Å². The maximum atomic E-state index is 5.80. The van der Waals surface area contributed by atoms with Crippen LogP contribution in [0.3, 0.4) is 0 Å². The molecule has 3 heteroatoms. The normalized spacial score (nSPS) is 25.3. The van der Waals surface area contributed by atoms with Crippen molar-refractivity contribution < 1.29 is 0 Å². The molecule has 1 unspecified atom stereocenters. The summed E-state index contributed by atoms with van der Waals surface area (Å²) in [6.45, 7) is 2.16. The Balaban J connectivity index is 0.00000112. The molecule has 2 rings (SSSR count). The molecule has 1 atom stereocenters. The Kier molecular flexibility index (Phi) is 3.75. The maximum absolute atomic E-state index is 5.80. The van der Waals surface area contributed by atoms with Crippen LogP contribution >= 0.6 is 12.4 Å². The maximum Gasteiger partial charge on any atom is 0.0948 e. The van der Waals surface area contributed by atoms with Crippen molar-refractivity contribution >= 4 is 18.2 Å². The van der Waals surface area contributed by atoms with Gasteiger partial charge in [0.05, 0.1) is 11.4 Å². The van der Waals surface area contributed by atoms with Crippen LogP contribution in [0.5, 0.6) is 0 Å². The van der Waals surface area contributed by atoms with Gasteiger partial charge in [0.1, 0.15) is 0 Å². The first kappa shape index (κ1) is 12.1. The molecule has 0 amide bonds. The Morgan fingerprint density at radius 1 is 1.27 bits per heavy atom. The van der Waals surface area contributed by atoms with Gasteiger partial charge in [-0.3, -0.25) is 4.99 Å². The summed E-state index contributed by atoms with van der Waals surface area (Å²) in [5.74, 6) is 0.794. The highest BCUT2D eigenvalue weighted by Crippen LogP contribution is 2.33. The molecule has 2 N–H and O–H groups in total. The fourth-order valence-corrected chi connectivity index (χ4v) is 2.05. The minimum atomic E-state index is -0.0937. The van der Waals surface area contributed by atoms with Gasteiger partial charge >= 0.3 is 0 Å². The molecule has 0 fully saturated rings. The highest BCUT2D eigenvalue weighted by molar-refractivity contribution is 5.85. The van der Waals surface area contributed by atoms with Crippen LogP contribution in [0.25, 0.3) is 0 Å². The number of nitrogens with two attached hydrogens (primary N) is 1. The van der Waals surface area contributed by atoms with Gasteiger partial charge in [-0.2, -0.15) is 0 Å². The number of amidine groups is 1. The van der Waals surface area contributed by atoms with E-state index in [1.807, 2.05) is 6.07 Å². The Bertz CT molecular complexity index is 348. The van der Waals surface area contributed by atoms with Crippen molar-refractivity contribution in [2.75, 3.05) is 0 Å². The van der Waals surface area contributed by atoms with E-state index in [0.717, 1.165) is 25.1 Å². The Morgan fingerprint density at radius 2 is 1.93 bits per heavy atom. The molecule has 0 saturated heterocycles. The molecule has 0 aliphatic carbocycles. The number of nitrogens with zero attached hydrogens (tertiary/aromatic N) is 1. The van der Waals surface area contributed by atoms with Gasteiger partial charge in [-0.05, 0) is 25.3 Å². The SMILES string of the molecule is CC1(c2ccccc2)CCCC(N)=N1.Cl. The van der Waals surface area contributed by atoms with Crippen molar-refractivity contribution in [1.82, 2.24) is 0 Å². The zero-order valence-corrected chi connectivity index (χ0v) is 9.76. The highest BCUT2D eigenvalue weighted by Gasteiger charge is 2.28. The quantitative estimate of drug-likeness (QED) is 0.783. The minimum Gasteiger partial charge on any atom is -0.387 e. The summed E-state index contributed by atoms with van der Waals surface area (Å²) in [6, 6.07) is 10.4. The minimum absolute atomic E-state index is 0. The Morgan fingerprint density at radius 3 is 2.53 bits per heavy atom. The summed E-state index contributed by atoms with van der Waals surface area (Å²) in [5, 5.41) is 0. The molecule has 1 aliphatic heterocycles. The molecule has 0 radical (unpaired) electrons. The zero-order valence-electron chi connectivity index (χ0n) is 8.94. The van der Waals surface area contributed by atoms with Crippen LogP contribution in [-0.4, -0.2) is 5.84 Å². The second-order valence-electron chi connectivity index (χ2n) is 4.10. The van der Waals surface area contributed by atoms with E-state index in [9.17, 15) is 0 Å². The summed E-state index contributed by atoms with van der Waals surface area (Å²) in [6.07, 6.45) is 3.18. The summed E-state index contributed by atoms with van der Waals surface area (Å²) < 4.78 is 0. The molecule has 0 saturated carbocycles. The predicted octanol–water partition coefficient (Wildman–Crippen LogP) is 2.86. The van der Waals surface area contributed by atoms with Crippen LogP contribution in [0.4, 0.5) is 0 Å². The lowest BCUT2D eigenvalue weighted by Crippen LogP contribution is -2.29. The van der Waals surface area contributed by atoms with Crippen LogP contribution in [0.15, 0.2) is 35.3 Å². The molecule has 0 aromatic heterocycles. The van der Waals surface area contributed by atoms with E-state index >= 15 is 0 Å². The van der Waals surface area contributed by atoms with E-state index < -0.39 is 0 Å².